The van der Waals surface area contributed by atoms with Gasteiger partial charge in [-0.05, 0) is 42.8 Å². The van der Waals surface area contributed by atoms with Gasteiger partial charge in [-0.1, -0.05) is 11.6 Å². The largest absolute Gasteiger partial charge is 0.489 e. The molecule has 0 bridgehead atoms. The third-order valence-corrected chi connectivity index (χ3v) is 5.14. The summed E-state index contributed by atoms with van der Waals surface area (Å²) in [4.78, 5) is 36.6. The van der Waals surface area contributed by atoms with Crippen molar-refractivity contribution in [3.05, 3.63) is 52.0 Å². The van der Waals surface area contributed by atoms with Gasteiger partial charge in [0.25, 0.3) is 0 Å². The van der Waals surface area contributed by atoms with Crippen molar-refractivity contribution in [1.29, 1.82) is 0 Å². The number of fused-ring (bicyclic) bond motifs is 2. The molecule has 1 atom stereocenters. The summed E-state index contributed by atoms with van der Waals surface area (Å²) in [6.45, 7) is 2.27. The number of benzene rings is 2. The smallest absolute Gasteiger partial charge is 0.338 e. The van der Waals surface area contributed by atoms with Crippen LogP contribution in [0.4, 0.5) is 5.69 Å². The van der Waals surface area contributed by atoms with Crippen LogP contribution in [0.15, 0.2) is 30.3 Å². The molecular formula is C21H18ClNO6. The highest BCUT2D eigenvalue weighted by Crippen LogP contribution is 2.38. The molecule has 0 saturated heterocycles. The summed E-state index contributed by atoms with van der Waals surface area (Å²) in [5, 5.41) is 2.99. The van der Waals surface area contributed by atoms with Crippen LogP contribution < -0.4 is 14.8 Å². The number of halogens is 1. The summed E-state index contributed by atoms with van der Waals surface area (Å²) in [7, 11) is 0. The summed E-state index contributed by atoms with van der Waals surface area (Å²) < 4.78 is 16.3. The molecular weight excluding hydrogens is 398 g/mol. The summed E-state index contributed by atoms with van der Waals surface area (Å²) in [6, 6.07) is 7.84. The normalized spacial score (nSPS) is 17.2. The van der Waals surface area contributed by atoms with E-state index >= 15 is 0 Å². The number of carbonyl (C=O) groups is 3. The van der Waals surface area contributed by atoms with Gasteiger partial charge in [-0.2, -0.15) is 0 Å². The number of nitrogens with one attached hydrogen (secondary N) is 1. The highest BCUT2D eigenvalue weighted by Gasteiger charge is 2.27. The first-order chi connectivity index (χ1) is 13.9. The van der Waals surface area contributed by atoms with Gasteiger partial charge in [0, 0.05) is 17.7 Å². The minimum atomic E-state index is -0.692. The van der Waals surface area contributed by atoms with Crippen molar-refractivity contribution in [2.75, 3.05) is 25.1 Å². The maximum atomic E-state index is 12.5. The number of anilines is 1. The average molecular weight is 416 g/mol. The van der Waals surface area contributed by atoms with Crippen LogP contribution in [-0.4, -0.2) is 37.5 Å². The van der Waals surface area contributed by atoms with Crippen molar-refractivity contribution in [2.24, 2.45) is 0 Å². The molecule has 7 nitrogen and oxygen atoms in total. The highest BCUT2D eigenvalue weighted by molar-refractivity contribution is 6.32. The molecule has 150 valence electrons. The molecule has 0 aliphatic carbocycles. The fraction of sp³-hybridized carbons (Fsp3) is 0.286. The molecule has 29 heavy (non-hydrogen) atoms. The van der Waals surface area contributed by atoms with E-state index in [9.17, 15) is 14.4 Å². The number of Topliss-reactive ketones (excluding diaryl/α,β-unsaturated/α-hetero) is 1. The second-order valence-electron chi connectivity index (χ2n) is 6.85. The van der Waals surface area contributed by atoms with E-state index < -0.39 is 12.6 Å². The number of esters is 1. The molecule has 0 saturated carbocycles. The summed E-state index contributed by atoms with van der Waals surface area (Å²) in [6.07, 6.45) is 0.708. The predicted molar refractivity (Wildman–Crippen MR) is 105 cm³/mol. The lowest BCUT2D eigenvalue weighted by Crippen LogP contribution is -2.15. The van der Waals surface area contributed by atoms with Gasteiger partial charge in [0.05, 0.1) is 29.7 Å². The number of ketones is 1. The molecule has 0 radical (unpaired) electrons. The Morgan fingerprint density at radius 2 is 1.97 bits per heavy atom. The Kier molecular flexibility index (Phi) is 5.15. The molecule has 0 fully saturated rings. The molecule has 1 amide bonds. The Morgan fingerprint density at radius 3 is 2.79 bits per heavy atom. The predicted octanol–water partition coefficient (Wildman–Crippen LogP) is 3.60. The lowest BCUT2D eigenvalue weighted by Gasteiger charge is -2.11. The standard InChI is InChI=1S/C21H18ClNO6/c1-11-14-7-12(3-4-16(14)23-20(11)25)17(24)10-29-21(26)13-8-15(22)19-18(9-13)27-5-2-6-28-19/h3-4,7-9,11H,2,5-6,10H2,1H3,(H,23,25)/t11-/m1/s1. The van der Waals surface area contributed by atoms with E-state index in [4.69, 9.17) is 25.8 Å². The lowest BCUT2D eigenvalue weighted by molar-refractivity contribution is -0.116. The Bertz CT molecular complexity index is 1020. The zero-order chi connectivity index (χ0) is 20.5. The first kappa shape index (κ1) is 19.3. The lowest BCUT2D eigenvalue weighted by atomic mass is 9.99. The third-order valence-electron chi connectivity index (χ3n) is 4.86. The number of amides is 1. The van der Waals surface area contributed by atoms with Crippen molar-refractivity contribution in [3.63, 3.8) is 0 Å². The monoisotopic (exact) mass is 415 g/mol. The molecule has 2 aromatic carbocycles. The molecule has 8 heteroatoms. The molecule has 2 aliphatic heterocycles. The molecule has 2 aliphatic rings. The van der Waals surface area contributed by atoms with Crippen LogP contribution in [0, 0.1) is 0 Å². The number of hydrogen-bond acceptors (Lipinski definition) is 6. The van der Waals surface area contributed by atoms with Gasteiger partial charge in [-0.15, -0.1) is 0 Å². The topological polar surface area (TPSA) is 90.9 Å². The quantitative estimate of drug-likeness (QED) is 0.606. The number of ether oxygens (including phenoxy) is 3. The summed E-state index contributed by atoms with van der Waals surface area (Å²) in [5.74, 6) is -0.729. The van der Waals surface area contributed by atoms with Crippen LogP contribution in [-0.2, 0) is 9.53 Å². The number of rotatable bonds is 4. The second-order valence-corrected chi connectivity index (χ2v) is 7.26. The molecule has 2 heterocycles. The first-order valence-corrected chi connectivity index (χ1v) is 9.56. The Labute approximate surface area is 171 Å². The van der Waals surface area contributed by atoms with Gasteiger partial charge in [-0.25, -0.2) is 4.79 Å². The zero-order valence-electron chi connectivity index (χ0n) is 15.6. The van der Waals surface area contributed by atoms with Crippen LogP contribution in [0.3, 0.4) is 0 Å². The van der Waals surface area contributed by atoms with Crippen LogP contribution >= 0.6 is 11.6 Å². The van der Waals surface area contributed by atoms with Crippen molar-refractivity contribution in [3.8, 4) is 11.5 Å². The fourth-order valence-electron chi connectivity index (χ4n) is 3.24. The van der Waals surface area contributed by atoms with E-state index in [-0.39, 0.29) is 28.2 Å². The van der Waals surface area contributed by atoms with Gasteiger partial charge >= 0.3 is 5.97 Å². The Morgan fingerprint density at radius 1 is 1.17 bits per heavy atom. The number of hydrogen-bond donors (Lipinski definition) is 1. The van der Waals surface area contributed by atoms with Gasteiger partial charge in [0.2, 0.25) is 5.91 Å². The zero-order valence-corrected chi connectivity index (χ0v) is 16.4. The van der Waals surface area contributed by atoms with E-state index in [0.29, 0.717) is 42.4 Å². The molecule has 0 unspecified atom stereocenters. The van der Waals surface area contributed by atoms with Crippen LogP contribution in [0.2, 0.25) is 5.02 Å². The molecule has 2 aromatic rings. The third kappa shape index (κ3) is 3.78. The Balaban J connectivity index is 1.45. The van der Waals surface area contributed by atoms with E-state index in [1.165, 1.54) is 12.1 Å². The average Bonchev–Trinajstić information content (AvgIpc) is 2.88. The van der Waals surface area contributed by atoms with Crippen LogP contribution in [0.1, 0.15) is 45.5 Å². The van der Waals surface area contributed by atoms with E-state index in [2.05, 4.69) is 5.32 Å². The first-order valence-electron chi connectivity index (χ1n) is 9.18. The van der Waals surface area contributed by atoms with Gasteiger partial charge in [-0.3, -0.25) is 9.59 Å². The van der Waals surface area contributed by atoms with Crippen molar-refractivity contribution in [2.45, 2.75) is 19.3 Å². The minimum Gasteiger partial charge on any atom is -0.489 e. The van der Waals surface area contributed by atoms with Gasteiger partial charge < -0.3 is 19.5 Å². The fourth-order valence-corrected chi connectivity index (χ4v) is 3.50. The molecule has 1 N–H and O–H groups in total. The minimum absolute atomic E-state index is 0.109. The van der Waals surface area contributed by atoms with Crippen LogP contribution in [0.25, 0.3) is 0 Å². The van der Waals surface area contributed by atoms with Gasteiger partial charge in [0.1, 0.15) is 0 Å². The van der Waals surface area contributed by atoms with Crippen molar-refractivity contribution < 1.29 is 28.6 Å². The van der Waals surface area contributed by atoms with E-state index in [1.54, 1.807) is 25.1 Å². The molecule has 4 rings (SSSR count). The molecule has 0 aromatic heterocycles. The summed E-state index contributed by atoms with van der Waals surface area (Å²) >= 11 is 6.19. The van der Waals surface area contributed by atoms with E-state index in [0.717, 1.165) is 5.56 Å². The highest BCUT2D eigenvalue weighted by atomic mass is 35.5. The number of carbonyl (C=O) groups excluding carboxylic acids is 3. The second kappa shape index (κ2) is 7.75. The maximum absolute atomic E-state index is 12.5. The van der Waals surface area contributed by atoms with Crippen LogP contribution in [0.5, 0.6) is 11.5 Å². The van der Waals surface area contributed by atoms with E-state index in [1.807, 2.05) is 0 Å². The maximum Gasteiger partial charge on any atom is 0.338 e. The Hall–Kier alpha value is -3.06. The van der Waals surface area contributed by atoms with Crippen molar-refractivity contribution >= 4 is 34.9 Å². The molecule has 0 spiro atoms. The van der Waals surface area contributed by atoms with Crippen molar-refractivity contribution in [1.82, 2.24) is 0 Å². The van der Waals surface area contributed by atoms with Gasteiger partial charge in [0.15, 0.2) is 23.9 Å². The summed E-state index contributed by atoms with van der Waals surface area (Å²) in [5.41, 5.74) is 1.99. The SMILES string of the molecule is C[C@H]1C(=O)Nc2ccc(C(=O)COC(=O)c3cc(Cl)c4c(c3)OCCCO4)cc21.